The van der Waals surface area contributed by atoms with Gasteiger partial charge in [0.05, 0.1) is 0 Å². The molecule has 0 radical (unpaired) electrons. The van der Waals surface area contributed by atoms with Crippen LogP contribution in [0.3, 0.4) is 0 Å². The fourth-order valence-electron chi connectivity index (χ4n) is 1.54. The van der Waals surface area contributed by atoms with Gasteiger partial charge in [-0.05, 0) is 36.4 Å². The summed E-state index contributed by atoms with van der Waals surface area (Å²) < 4.78 is 62.5. The summed E-state index contributed by atoms with van der Waals surface area (Å²) in [5, 5.41) is 0. The van der Waals surface area contributed by atoms with Crippen molar-refractivity contribution in [2.45, 2.75) is 4.90 Å². The second-order valence-electron chi connectivity index (χ2n) is 4.14. The van der Waals surface area contributed by atoms with E-state index in [9.17, 15) is 26.4 Å². The van der Waals surface area contributed by atoms with Gasteiger partial charge in [-0.15, -0.1) is 4.83 Å². The van der Waals surface area contributed by atoms with Crippen LogP contribution >= 0.6 is 0 Å². The highest BCUT2D eigenvalue weighted by molar-refractivity contribution is 7.89. The van der Waals surface area contributed by atoms with Crippen LogP contribution in [0.4, 0.5) is 13.2 Å². The Morgan fingerprint density at radius 2 is 1.50 bits per heavy atom. The predicted octanol–water partition coefficient (Wildman–Crippen LogP) is 1.73. The summed E-state index contributed by atoms with van der Waals surface area (Å²) in [7, 11) is -4.42. The maximum Gasteiger partial charge on any atom is 0.266 e. The predicted molar refractivity (Wildman–Crippen MR) is 70.5 cm³/mol. The van der Waals surface area contributed by atoms with Crippen LogP contribution in [0.15, 0.2) is 47.4 Å². The van der Waals surface area contributed by atoms with Crippen molar-refractivity contribution in [3.63, 3.8) is 0 Å². The summed E-state index contributed by atoms with van der Waals surface area (Å²) in [6.45, 7) is 0. The number of rotatable bonds is 4. The van der Waals surface area contributed by atoms with Crippen molar-refractivity contribution in [1.29, 1.82) is 0 Å². The lowest BCUT2D eigenvalue weighted by Gasteiger charge is -2.09. The van der Waals surface area contributed by atoms with Crippen molar-refractivity contribution >= 4 is 15.9 Å². The Morgan fingerprint density at radius 3 is 2.09 bits per heavy atom. The smallest absolute Gasteiger partial charge is 0.266 e. The van der Waals surface area contributed by atoms with Crippen LogP contribution in [0.1, 0.15) is 10.4 Å². The van der Waals surface area contributed by atoms with Crippen LogP contribution in [0.25, 0.3) is 0 Å². The topological polar surface area (TPSA) is 75.3 Å². The molecule has 0 aliphatic heterocycles. The average Bonchev–Trinajstić information content (AvgIpc) is 2.45. The zero-order valence-corrected chi connectivity index (χ0v) is 11.6. The molecule has 2 aromatic rings. The fourth-order valence-corrected chi connectivity index (χ4v) is 2.43. The molecule has 2 rings (SSSR count). The number of hydrazine groups is 1. The minimum Gasteiger partial charge on any atom is -0.273 e. The van der Waals surface area contributed by atoms with Crippen LogP contribution in [0.2, 0.25) is 0 Å². The fraction of sp³-hybridized carbons (Fsp3) is 0. The lowest BCUT2D eigenvalue weighted by molar-refractivity contribution is 0.0945. The van der Waals surface area contributed by atoms with Crippen molar-refractivity contribution < 1.29 is 26.4 Å². The highest BCUT2D eigenvalue weighted by atomic mass is 32.2. The lowest BCUT2D eigenvalue weighted by atomic mass is 10.2. The number of benzene rings is 2. The van der Waals surface area contributed by atoms with E-state index in [2.05, 4.69) is 0 Å². The molecule has 0 fully saturated rings. The highest BCUT2D eigenvalue weighted by Gasteiger charge is 2.20. The zero-order valence-electron chi connectivity index (χ0n) is 10.8. The largest absolute Gasteiger partial charge is 0.273 e. The first kappa shape index (κ1) is 16.0. The van der Waals surface area contributed by atoms with Crippen molar-refractivity contribution in [1.82, 2.24) is 10.3 Å². The second-order valence-corrected chi connectivity index (χ2v) is 5.79. The molecule has 9 heteroatoms. The first-order valence-corrected chi connectivity index (χ1v) is 7.31. The molecule has 0 saturated carbocycles. The molecule has 0 aromatic heterocycles. The molecule has 116 valence electrons. The van der Waals surface area contributed by atoms with Gasteiger partial charge in [-0.1, -0.05) is 0 Å². The van der Waals surface area contributed by atoms with Crippen molar-refractivity contribution in [3.8, 4) is 0 Å². The van der Waals surface area contributed by atoms with Gasteiger partial charge in [0.15, 0.2) is 0 Å². The van der Waals surface area contributed by atoms with Crippen LogP contribution < -0.4 is 10.3 Å². The molecular formula is C13H9F3N2O3S. The molecule has 2 aromatic carbocycles. The van der Waals surface area contributed by atoms with Gasteiger partial charge < -0.3 is 0 Å². The number of halogens is 3. The van der Waals surface area contributed by atoms with E-state index in [1.807, 2.05) is 5.43 Å². The Balaban J connectivity index is 2.12. The zero-order chi connectivity index (χ0) is 16.3. The molecule has 0 bridgehead atoms. The first-order valence-electron chi connectivity index (χ1n) is 5.82. The molecule has 0 unspecified atom stereocenters. The first-order chi connectivity index (χ1) is 10.3. The number of nitrogens with one attached hydrogen (secondary N) is 2. The molecule has 0 aliphatic carbocycles. The number of hydrogen-bond acceptors (Lipinski definition) is 3. The normalized spacial score (nSPS) is 11.2. The molecule has 0 heterocycles. The van der Waals surface area contributed by atoms with Crippen LogP contribution in [0.5, 0.6) is 0 Å². The van der Waals surface area contributed by atoms with E-state index in [0.717, 1.165) is 36.4 Å². The molecule has 22 heavy (non-hydrogen) atoms. The van der Waals surface area contributed by atoms with Gasteiger partial charge in [0.1, 0.15) is 22.3 Å². The van der Waals surface area contributed by atoms with E-state index < -0.39 is 38.3 Å². The van der Waals surface area contributed by atoms with Gasteiger partial charge in [0.25, 0.3) is 15.9 Å². The van der Waals surface area contributed by atoms with E-state index in [4.69, 9.17) is 0 Å². The van der Waals surface area contributed by atoms with Crippen molar-refractivity contribution in [2.75, 3.05) is 0 Å². The Bertz CT molecular complexity index is 808. The number of carbonyl (C=O) groups is 1. The summed E-state index contributed by atoms with van der Waals surface area (Å²) in [4.78, 5) is 12.5. The molecule has 1 amide bonds. The Kier molecular flexibility index (Phi) is 4.48. The van der Waals surface area contributed by atoms with Gasteiger partial charge in [-0.3, -0.25) is 10.2 Å². The average molecular weight is 330 g/mol. The molecule has 2 N–H and O–H groups in total. The maximum absolute atomic E-state index is 13.4. The monoisotopic (exact) mass is 330 g/mol. The van der Waals surface area contributed by atoms with Crippen LogP contribution in [0, 0.1) is 17.5 Å². The van der Waals surface area contributed by atoms with Gasteiger partial charge >= 0.3 is 0 Å². The quantitative estimate of drug-likeness (QED) is 0.839. The van der Waals surface area contributed by atoms with Gasteiger partial charge in [-0.25, -0.2) is 21.6 Å². The third-order valence-electron chi connectivity index (χ3n) is 2.59. The number of carbonyl (C=O) groups excluding carboxylic acids is 1. The molecule has 0 aliphatic rings. The maximum atomic E-state index is 13.4. The van der Waals surface area contributed by atoms with Gasteiger partial charge in [-0.2, -0.15) is 0 Å². The molecule has 0 atom stereocenters. The number of hydrogen-bond donors (Lipinski definition) is 2. The highest BCUT2D eigenvalue weighted by Crippen LogP contribution is 2.14. The van der Waals surface area contributed by atoms with Gasteiger partial charge in [0, 0.05) is 11.6 Å². The lowest BCUT2D eigenvalue weighted by Crippen LogP contribution is -2.41. The van der Waals surface area contributed by atoms with E-state index >= 15 is 0 Å². The Morgan fingerprint density at radius 1 is 0.909 bits per heavy atom. The third-order valence-corrected chi connectivity index (χ3v) is 3.87. The van der Waals surface area contributed by atoms with E-state index in [-0.39, 0.29) is 5.56 Å². The summed E-state index contributed by atoms with van der Waals surface area (Å²) in [6, 6.07) is 6.19. The molecular weight excluding hydrogens is 321 g/mol. The summed E-state index contributed by atoms with van der Waals surface area (Å²) in [6.07, 6.45) is 0. The van der Waals surface area contributed by atoms with E-state index in [1.54, 1.807) is 4.83 Å². The van der Waals surface area contributed by atoms with Gasteiger partial charge in [0.2, 0.25) is 0 Å². The minimum atomic E-state index is -4.42. The van der Waals surface area contributed by atoms with Crippen LogP contribution in [-0.4, -0.2) is 14.3 Å². The Labute approximate surface area is 123 Å². The Hall–Kier alpha value is -2.39. The number of sulfonamides is 1. The standard InChI is InChI=1S/C13H9F3N2O3S/c14-9-3-1-8(2-4-9)13(19)17-18-22(20,21)12-6-5-10(15)7-11(12)16/h1-7,18H,(H,17,19). The summed E-state index contributed by atoms with van der Waals surface area (Å²) in [5.74, 6) is -3.67. The van der Waals surface area contributed by atoms with E-state index in [0.29, 0.717) is 6.07 Å². The summed E-state index contributed by atoms with van der Waals surface area (Å²) in [5.41, 5.74) is 1.83. The van der Waals surface area contributed by atoms with Crippen LogP contribution in [-0.2, 0) is 10.0 Å². The number of amides is 1. The second kappa shape index (κ2) is 6.16. The van der Waals surface area contributed by atoms with Crippen molar-refractivity contribution in [2.24, 2.45) is 0 Å². The third kappa shape index (κ3) is 3.62. The molecule has 5 nitrogen and oxygen atoms in total. The molecule has 0 saturated heterocycles. The van der Waals surface area contributed by atoms with E-state index in [1.165, 1.54) is 0 Å². The van der Waals surface area contributed by atoms with Crippen molar-refractivity contribution in [3.05, 3.63) is 65.5 Å². The SMILES string of the molecule is O=C(NNS(=O)(=O)c1ccc(F)cc1F)c1ccc(F)cc1. The summed E-state index contributed by atoms with van der Waals surface area (Å²) >= 11 is 0. The molecule has 0 spiro atoms. The minimum absolute atomic E-state index is 0.0105.